The van der Waals surface area contributed by atoms with Gasteiger partial charge in [-0.1, -0.05) is 11.8 Å². The van der Waals surface area contributed by atoms with Crippen molar-refractivity contribution in [3.63, 3.8) is 0 Å². The van der Waals surface area contributed by atoms with E-state index in [0.717, 1.165) is 11.3 Å². The van der Waals surface area contributed by atoms with E-state index in [4.69, 9.17) is 19.0 Å². The fraction of sp³-hybridized carbons (Fsp3) is 0.385. The van der Waals surface area contributed by atoms with Crippen molar-refractivity contribution in [2.24, 2.45) is 0 Å². The van der Waals surface area contributed by atoms with Crippen LogP contribution in [0, 0.1) is 0 Å². The summed E-state index contributed by atoms with van der Waals surface area (Å²) in [6.07, 6.45) is 0.693. The van der Waals surface area contributed by atoms with Crippen LogP contribution in [0.1, 0.15) is 6.42 Å². The molecule has 108 valence electrons. The van der Waals surface area contributed by atoms with Gasteiger partial charge in [0.25, 0.3) is 5.22 Å². The highest BCUT2D eigenvalue weighted by atomic mass is 32.2. The third-order valence-electron chi connectivity index (χ3n) is 2.56. The molecular weight excluding hydrogens is 280 g/mol. The topological polar surface area (TPSA) is 77.6 Å². The molecule has 0 aliphatic carbocycles. The monoisotopic (exact) mass is 296 g/mol. The Morgan fingerprint density at radius 3 is 2.70 bits per heavy atom. The van der Waals surface area contributed by atoms with Crippen LogP contribution < -0.4 is 9.47 Å². The van der Waals surface area contributed by atoms with E-state index in [1.807, 2.05) is 6.07 Å². The van der Waals surface area contributed by atoms with Crippen LogP contribution in [-0.4, -0.2) is 41.9 Å². The molecule has 0 saturated heterocycles. The lowest BCUT2D eigenvalue weighted by Gasteiger charge is -2.07. The molecule has 0 radical (unpaired) electrons. The first-order valence-electron chi connectivity index (χ1n) is 6.08. The zero-order valence-electron chi connectivity index (χ0n) is 11.3. The average Bonchev–Trinajstić information content (AvgIpc) is 2.95. The van der Waals surface area contributed by atoms with Crippen LogP contribution in [0.2, 0.25) is 0 Å². The second-order valence-electron chi connectivity index (χ2n) is 3.87. The van der Waals surface area contributed by atoms with Gasteiger partial charge >= 0.3 is 0 Å². The molecule has 0 atom stereocenters. The third kappa shape index (κ3) is 3.43. The number of aromatic nitrogens is 2. The Labute approximate surface area is 121 Å². The van der Waals surface area contributed by atoms with Gasteiger partial charge in [0, 0.05) is 17.9 Å². The van der Waals surface area contributed by atoms with Crippen molar-refractivity contribution in [2.45, 2.75) is 11.6 Å². The van der Waals surface area contributed by atoms with Crippen LogP contribution in [0.5, 0.6) is 11.5 Å². The molecule has 1 aromatic heterocycles. The molecule has 0 unspecified atom stereocenters. The number of hydrogen-bond acceptors (Lipinski definition) is 7. The first-order valence-corrected chi connectivity index (χ1v) is 7.06. The van der Waals surface area contributed by atoms with Crippen LogP contribution in [0.25, 0.3) is 11.5 Å². The second kappa shape index (κ2) is 7.16. The minimum absolute atomic E-state index is 0.156. The van der Waals surface area contributed by atoms with E-state index in [9.17, 15) is 0 Å². The number of thioether (sulfide) groups is 1. The molecule has 1 aromatic carbocycles. The lowest BCUT2D eigenvalue weighted by Crippen LogP contribution is -1.90. The molecule has 0 aliphatic rings. The molecule has 7 heteroatoms. The maximum atomic E-state index is 8.73. The van der Waals surface area contributed by atoms with E-state index >= 15 is 0 Å². The Morgan fingerprint density at radius 2 is 2.00 bits per heavy atom. The first kappa shape index (κ1) is 14.7. The lowest BCUT2D eigenvalue weighted by atomic mass is 10.2. The standard InChI is InChI=1S/C13H16N2O4S/c1-17-10-5-4-9(8-11(10)18-2)12-14-15-13(19-12)20-7-3-6-16/h4-5,8,16H,3,6-7H2,1-2H3. The van der Waals surface area contributed by atoms with Crippen molar-refractivity contribution in [2.75, 3.05) is 26.6 Å². The molecule has 0 amide bonds. The predicted octanol–water partition coefficient (Wildman–Crippen LogP) is 2.23. The van der Waals surface area contributed by atoms with E-state index in [0.29, 0.717) is 29.0 Å². The molecule has 0 aliphatic heterocycles. The van der Waals surface area contributed by atoms with Crippen LogP contribution >= 0.6 is 11.8 Å². The zero-order valence-corrected chi connectivity index (χ0v) is 12.1. The van der Waals surface area contributed by atoms with Crippen molar-refractivity contribution < 1.29 is 19.0 Å². The molecule has 1 N–H and O–H groups in total. The quantitative estimate of drug-likeness (QED) is 0.620. The minimum Gasteiger partial charge on any atom is -0.493 e. The molecule has 0 saturated carbocycles. The molecular formula is C13H16N2O4S. The zero-order chi connectivity index (χ0) is 14.4. The number of ether oxygens (including phenoxy) is 2. The van der Waals surface area contributed by atoms with E-state index in [2.05, 4.69) is 10.2 Å². The van der Waals surface area contributed by atoms with E-state index in [1.165, 1.54) is 11.8 Å². The van der Waals surface area contributed by atoms with Gasteiger partial charge in [0.15, 0.2) is 11.5 Å². The van der Waals surface area contributed by atoms with Gasteiger partial charge in [-0.15, -0.1) is 10.2 Å². The van der Waals surface area contributed by atoms with Crippen molar-refractivity contribution in [3.8, 4) is 23.0 Å². The molecule has 2 aromatic rings. The van der Waals surface area contributed by atoms with Gasteiger partial charge in [-0.25, -0.2) is 0 Å². The van der Waals surface area contributed by atoms with E-state index < -0.39 is 0 Å². The molecule has 0 spiro atoms. The van der Waals surface area contributed by atoms with E-state index in [-0.39, 0.29) is 6.61 Å². The number of aliphatic hydroxyl groups excluding tert-OH is 1. The van der Waals surface area contributed by atoms with Crippen LogP contribution in [-0.2, 0) is 0 Å². The fourth-order valence-electron chi connectivity index (χ4n) is 1.58. The number of nitrogens with zero attached hydrogens (tertiary/aromatic N) is 2. The number of aliphatic hydroxyl groups is 1. The molecule has 0 fully saturated rings. The van der Waals surface area contributed by atoms with Gasteiger partial charge in [-0.2, -0.15) is 0 Å². The lowest BCUT2D eigenvalue weighted by molar-refractivity contribution is 0.296. The summed E-state index contributed by atoms with van der Waals surface area (Å²) in [5, 5.41) is 17.2. The Hall–Kier alpha value is -1.73. The summed E-state index contributed by atoms with van der Waals surface area (Å²) in [6.45, 7) is 0.156. The van der Waals surface area contributed by atoms with Crippen molar-refractivity contribution in [1.29, 1.82) is 0 Å². The molecule has 20 heavy (non-hydrogen) atoms. The van der Waals surface area contributed by atoms with E-state index in [1.54, 1.807) is 26.4 Å². The summed E-state index contributed by atoms with van der Waals surface area (Å²) in [5.41, 5.74) is 0.768. The molecule has 1 heterocycles. The number of hydrogen-bond donors (Lipinski definition) is 1. The van der Waals surface area contributed by atoms with Crippen LogP contribution in [0.4, 0.5) is 0 Å². The summed E-state index contributed by atoms with van der Waals surface area (Å²) < 4.78 is 16.0. The van der Waals surface area contributed by atoms with Crippen molar-refractivity contribution in [3.05, 3.63) is 18.2 Å². The highest BCUT2D eigenvalue weighted by Gasteiger charge is 2.12. The maximum absolute atomic E-state index is 8.73. The van der Waals surface area contributed by atoms with Crippen molar-refractivity contribution >= 4 is 11.8 Å². The van der Waals surface area contributed by atoms with Gasteiger partial charge < -0.3 is 19.0 Å². The fourth-order valence-corrected chi connectivity index (χ4v) is 2.26. The average molecular weight is 296 g/mol. The number of benzene rings is 1. The summed E-state index contributed by atoms with van der Waals surface area (Å²) in [5.74, 6) is 2.42. The Balaban J connectivity index is 2.15. The van der Waals surface area contributed by atoms with Gasteiger partial charge in [-0.3, -0.25) is 0 Å². The van der Waals surface area contributed by atoms with Crippen LogP contribution in [0.15, 0.2) is 27.8 Å². The number of rotatable bonds is 7. The molecule has 0 bridgehead atoms. The smallest absolute Gasteiger partial charge is 0.276 e. The Kier molecular flexibility index (Phi) is 5.25. The summed E-state index contributed by atoms with van der Waals surface area (Å²) in [4.78, 5) is 0. The van der Waals surface area contributed by atoms with Crippen molar-refractivity contribution in [1.82, 2.24) is 10.2 Å². The SMILES string of the molecule is COc1ccc(-c2nnc(SCCCO)o2)cc1OC. The Bertz CT molecular complexity index is 559. The van der Waals surface area contributed by atoms with Crippen LogP contribution in [0.3, 0.4) is 0 Å². The Morgan fingerprint density at radius 1 is 1.20 bits per heavy atom. The third-order valence-corrected chi connectivity index (χ3v) is 3.47. The van der Waals surface area contributed by atoms with Gasteiger partial charge in [-0.05, 0) is 24.6 Å². The number of methoxy groups -OCH3 is 2. The minimum atomic E-state index is 0.156. The predicted molar refractivity (Wildman–Crippen MR) is 75.3 cm³/mol. The normalized spacial score (nSPS) is 10.6. The largest absolute Gasteiger partial charge is 0.493 e. The van der Waals surface area contributed by atoms with Gasteiger partial charge in [0.05, 0.1) is 14.2 Å². The van der Waals surface area contributed by atoms with Gasteiger partial charge in [0.2, 0.25) is 5.89 Å². The maximum Gasteiger partial charge on any atom is 0.276 e. The second-order valence-corrected chi connectivity index (χ2v) is 4.91. The summed E-state index contributed by atoms with van der Waals surface area (Å²) >= 11 is 1.42. The van der Waals surface area contributed by atoms with Gasteiger partial charge in [0.1, 0.15) is 0 Å². The first-order chi connectivity index (χ1) is 9.78. The summed E-state index contributed by atoms with van der Waals surface area (Å²) in [7, 11) is 3.16. The summed E-state index contributed by atoms with van der Waals surface area (Å²) in [6, 6.07) is 5.41. The highest BCUT2D eigenvalue weighted by molar-refractivity contribution is 7.99. The highest BCUT2D eigenvalue weighted by Crippen LogP contribution is 2.32. The molecule has 6 nitrogen and oxygen atoms in total. The molecule has 2 rings (SSSR count).